The molecule has 0 saturated carbocycles. The number of aromatic nitrogens is 1. The van der Waals surface area contributed by atoms with Gasteiger partial charge in [-0.2, -0.15) is 0 Å². The number of carbonyl (C=O) groups is 1. The zero-order chi connectivity index (χ0) is 26.1. The second-order valence-corrected chi connectivity index (χ2v) is 6.12. The summed E-state index contributed by atoms with van der Waals surface area (Å²) in [5, 5.41) is 2.75. The molecule has 1 amide bonds. The van der Waals surface area contributed by atoms with Crippen molar-refractivity contribution < 1.29 is 14.3 Å². The quantitative estimate of drug-likeness (QED) is 0.385. The number of nitrogens with zero attached hydrogens (tertiary/aromatic N) is 1. The molecule has 2 aromatic rings. The minimum absolute atomic E-state index is 0.499. The smallest absolute Gasteiger partial charge is 0.219 e. The van der Waals surface area contributed by atoms with E-state index in [0.717, 1.165) is 17.7 Å². The molecule has 0 aliphatic carbocycles. The average molecular weight is 481 g/mol. The summed E-state index contributed by atoms with van der Waals surface area (Å²) in [6, 6.07) is 9.16. The maximum atomic E-state index is 9.06. The average Bonchev–Trinajstić information content (AvgIpc) is 2.89. The Labute approximate surface area is 207 Å². The number of nitrogens with one attached hydrogen (secondary N) is 1. The van der Waals surface area contributed by atoms with Crippen molar-refractivity contribution in [1.82, 2.24) is 10.3 Å². The van der Waals surface area contributed by atoms with Crippen LogP contribution in [0.1, 0.15) is 74.3 Å². The molecule has 0 aliphatic heterocycles. The van der Waals surface area contributed by atoms with Gasteiger partial charge in [-0.15, -0.1) is 0 Å². The molecular formula is C27H45ClN2O3. The Morgan fingerprint density at radius 1 is 1.06 bits per heavy atom. The van der Waals surface area contributed by atoms with E-state index in [-0.39, 0.29) is 0 Å². The molecule has 0 radical (unpaired) electrons. The van der Waals surface area contributed by atoms with Crippen molar-refractivity contribution in [1.29, 1.82) is 0 Å². The van der Waals surface area contributed by atoms with Crippen molar-refractivity contribution in [3.8, 4) is 17.4 Å². The molecule has 1 atom stereocenters. The molecule has 1 heterocycles. The molecular weight excluding hydrogens is 436 g/mol. The van der Waals surface area contributed by atoms with Crippen molar-refractivity contribution >= 4 is 24.1 Å². The summed E-state index contributed by atoms with van der Waals surface area (Å²) in [7, 11) is 1.56. The third-order valence-electron chi connectivity index (χ3n) is 3.57. The first kappa shape index (κ1) is 35.1. The van der Waals surface area contributed by atoms with Crippen LogP contribution in [-0.4, -0.2) is 25.0 Å². The van der Waals surface area contributed by atoms with Gasteiger partial charge in [-0.05, 0) is 36.6 Å². The number of ether oxygens (including phenoxy) is 2. The number of pyridine rings is 1. The van der Waals surface area contributed by atoms with Gasteiger partial charge in [-0.1, -0.05) is 85.6 Å². The van der Waals surface area contributed by atoms with E-state index < -0.39 is 0 Å². The second kappa shape index (κ2) is 25.7. The molecule has 0 saturated heterocycles. The van der Waals surface area contributed by atoms with Crippen LogP contribution >= 0.6 is 11.6 Å². The first-order valence-electron chi connectivity index (χ1n) is 11.9. The lowest BCUT2D eigenvalue weighted by Gasteiger charge is -2.09. The number of hydrogen-bond donors (Lipinski definition) is 1. The molecule has 5 nitrogen and oxygen atoms in total. The van der Waals surface area contributed by atoms with Gasteiger partial charge < -0.3 is 14.8 Å². The van der Waals surface area contributed by atoms with Gasteiger partial charge in [0.2, 0.25) is 12.3 Å². The Kier molecular flexibility index (Phi) is 27.3. The standard InChI is InChI=1S/C19H22ClNO2.C2H5NO.3C2H6/c1-4-14(3)6-7-15-8-11-19(21-13-15)23-18-10-9-16(22-5-2)12-17(18)20;1-3-2-4;3*1-2/h6-14H,4-5H2,1-3H3;2H,1H3,(H,3,4);3*1-2H3/b7-6+;;;;/t14-;;;;/m1..../s1. The van der Waals surface area contributed by atoms with Crippen molar-refractivity contribution in [2.75, 3.05) is 13.7 Å². The Morgan fingerprint density at radius 3 is 2.09 bits per heavy atom. The molecule has 2 rings (SSSR count). The molecule has 0 aliphatic rings. The largest absolute Gasteiger partial charge is 0.494 e. The van der Waals surface area contributed by atoms with Crippen LogP contribution in [0.2, 0.25) is 5.02 Å². The van der Waals surface area contributed by atoms with Crippen LogP contribution in [0.15, 0.2) is 42.6 Å². The maximum Gasteiger partial charge on any atom is 0.219 e. The lowest BCUT2D eigenvalue weighted by Crippen LogP contribution is -1.98. The maximum absolute atomic E-state index is 9.06. The van der Waals surface area contributed by atoms with Crippen LogP contribution in [0, 0.1) is 5.92 Å². The topological polar surface area (TPSA) is 60.5 Å². The number of carbonyl (C=O) groups excluding carboxylic acids is 1. The molecule has 0 bridgehead atoms. The predicted molar refractivity (Wildman–Crippen MR) is 145 cm³/mol. The molecule has 1 N–H and O–H groups in total. The highest BCUT2D eigenvalue weighted by molar-refractivity contribution is 6.32. The van der Waals surface area contributed by atoms with E-state index in [1.54, 1.807) is 25.4 Å². The van der Waals surface area contributed by atoms with Crippen LogP contribution in [0.4, 0.5) is 0 Å². The first-order chi connectivity index (χ1) is 16.0. The van der Waals surface area contributed by atoms with Crippen molar-refractivity contribution in [2.45, 2.75) is 68.7 Å². The third-order valence-corrected chi connectivity index (χ3v) is 3.86. The van der Waals surface area contributed by atoms with Gasteiger partial charge in [0.25, 0.3) is 0 Å². The van der Waals surface area contributed by atoms with Crippen molar-refractivity contribution in [2.24, 2.45) is 5.92 Å². The summed E-state index contributed by atoms with van der Waals surface area (Å²) in [6.07, 6.45) is 7.80. The number of amides is 1. The Bertz CT molecular complexity index is 720. The molecule has 1 aromatic carbocycles. The van der Waals surface area contributed by atoms with Gasteiger partial charge in [-0.3, -0.25) is 4.79 Å². The number of hydrogen-bond acceptors (Lipinski definition) is 4. The summed E-state index contributed by atoms with van der Waals surface area (Å²) < 4.78 is 11.1. The van der Waals surface area contributed by atoms with Crippen molar-refractivity contribution in [3.63, 3.8) is 0 Å². The van der Waals surface area contributed by atoms with Crippen molar-refractivity contribution in [3.05, 3.63) is 53.2 Å². The lowest BCUT2D eigenvalue weighted by molar-refractivity contribution is -0.109. The third kappa shape index (κ3) is 17.7. The Hall–Kier alpha value is -2.53. The highest BCUT2D eigenvalue weighted by Crippen LogP contribution is 2.31. The van der Waals surface area contributed by atoms with E-state index in [1.807, 2.05) is 66.7 Å². The minimum atomic E-state index is 0.499. The Morgan fingerprint density at radius 2 is 1.67 bits per heavy atom. The fourth-order valence-corrected chi connectivity index (χ4v) is 2.10. The van der Waals surface area contributed by atoms with Crippen LogP contribution in [0.25, 0.3) is 6.08 Å². The molecule has 6 heteroatoms. The Balaban J connectivity index is -0.000000780. The molecule has 1 aromatic heterocycles. The van der Waals surface area contributed by atoms with Gasteiger partial charge >= 0.3 is 0 Å². The van der Waals surface area contributed by atoms with E-state index in [1.165, 1.54) is 0 Å². The predicted octanol–water partition coefficient (Wildman–Crippen LogP) is 8.43. The van der Waals surface area contributed by atoms with Gasteiger partial charge in [0.05, 0.1) is 11.6 Å². The fourth-order valence-electron chi connectivity index (χ4n) is 1.90. The second-order valence-electron chi connectivity index (χ2n) is 5.71. The highest BCUT2D eigenvalue weighted by Gasteiger charge is 2.06. The van der Waals surface area contributed by atoms with Gasteiger partial charge in [0.15, 0.2) is 0 Å². The summed E-state index contributed by atoms with van der Waals surface area (Å²) in [4.78, 5) is 13.4. The molecule has 0 spiro atoms. The number of rotatable bonds is 8. The molecule has 0 fully saturated rings. The minimum Gasteiger partial charge on any atom is -0.494 e. The lowest BCUT2D eigenvalue weighted by atomic mass is 10.1. The SMILES string of the molecule is CC.CC.CC.CCOc1ccc(Oc2ccc(/C=C/[C@H](C)CC)cn2)c(Cl)c1.CNC=O. The van der Waals surface area contributed by atoms with Gasteiger partial charge in [0, 0.05) is 25.4 Å². The van der Waals surface area contributed by atoms with Gasteiger partial charge in [0.1, 0.15) is 11.5 Å². The summed E-state index contributed by atoms with van der Waals surface area (Å²) in [6.45, 7) is 18.9. The summed E-state index contributed by atoms with van der Waals surface area (Å²) in [5.74, 6) is 2.36. The monoisotopic (exact) mass is 480 g/mol. The van der Waals surface area contributed by atoms with E-state index in [0.29, 0.717) is 35.6 Å². The van der Waals surface area contributed by atoms with Crippen LogP contribution in [0.5, 0.6) is 17.4 Å². The number of allylic oxidation sites excluding steroid dienone is 1. The summed E-state index contributed by atoms with van der Waals surface area (Å²) in [5.41, 5.74) is 1.05. The van der Waals surface area contributed by atoms with Crippen LogP contribution in [-0.2, 0) is 4.79 Å². The number of halogens is 1. The van der Waals surface area contributed by atoms with E-state index in [2.05, 4.69) is 36.3 Å². The zero-order valence-electron chi connectivity index (χ0n) is 22.2. The molecule has 188 valence electrons. The van der Waals surface area contributed by atoms with Crippen LogP contribution < -0.4 is 14.8 Å². The van der Waals surface area contributed by atoms with Gasteiger partial charge in [-0.25, -0.2) is 4.98 Å². The van der Waals surface area contributed by atoms with E-state index in [4.69, 9.17) is 25.9 Å². The highest BCUT2D eigenvalue weighted by atomic mass is 35.5. The fraction of sp³-hybridized carbons (Fsp3) is 0.481. The molecule has 0 unspecified atom stereocenters. The zero-order valence-corrected chi connectivity index (χ0v) is 23.0. The normalized spacial score (nSPS) is 9.79. The molecule has 33 heavy (non-hydrogen) atoms. The number of benzene rings is 1. The van der Waals surface area contributed by atoms with E-state index >= 15 is 0 Å². The van der Waals surface area contributed by atoms with Crippen LogP contribution in [0.3, 0.4) is 0 Å². The first-order valence-corrected chi connectivity index (χ1v) is 12.3. The van der Waals surface area contributed by atoms with E-state index in [9.17, 15) is 0 Å². The summed E-state index contributed by atoms with van der Waals surface area (Å²) >= 11 is 6.20.